The minimum Gasteiger partial charge on any atom is -0.497 e. The molecule has 2 aromatic rings. The molecule has 2 rings (SSSR count). The van der Waals surface area contributed by atoms with Crippen molar-refractivity contribution in [2.45, 2.75) is 6.61 Å². The molecule has 0 fully saturated rings. The van der Waals surface area contributed by atoms with E-state index in [-0.39, 0.29) is 0 Å². The lowest BCUT2D eigenvalue weighted by Crippen LogP contribution is -1.95. The van der Waals surface area contributed by atoms with Crippen LogP contribution in [0.1, 0.15) is 5.56 Å². The highest BCUT2D eigenvalue weighted by atomic mass is 16.5. The Morgan fingerprint density at radius 1 is 1.12 bits per heavy atom. The van der Waals surface area contributed by atoms with Gasteiger partial charge in [-0.05, 0) is 23.8 Å². The molecule has 0 atom stereocenters. The summed E-state index contributed by atoms with van der Waals surface area (Å²) in [5, 5.41) is 0. The normalized spacial score (nSPS) is 9.81. The van der Waals surface area contributed by atoms with E-state index in [0.717, 1.165) is 17.1 Å². The van der Waals surface area contributed by atoms with E-state index < -0.39 is 0 Å². The smallest absolute Gasteiger partial charge is 0.123 e. The molecular formula is C13H12NO2. The van der Waals surface area contributed by atoms with Crippen molar-refractivity contribution in [2.75, 3.05) is 7.11 Å². The van der Waals surface area contributed by atoms with Crippen molar-refractivity contribution in [1.29, 1.82) is 0 Å². The van der Waals surface area contributed by atoms with Crippen LogP contribution >= 0.6 is 0 Å². The van der Waals surface area contributed by atoms with Gasteiger partial charge in [0, 0.05) is 12.3 Å². The van der Waals surface area contributed by atoms with Crippen molar-refractivity contribution in [2.24, 2.45) is 0 Å². The molecule has 0 bridgehead atoms. The molecule has 0 aliphatic rings. The van der Waals surface area contributed by atoms with Crippen LogP contribution in [0.25, 0.3) is 0 Å². The van der Waals surface area contributed by atoms with Crippen molar-refractivity contribution >= 4 is 0 Å². The van der Waals surface area contributed by atoms with Crippen LogP contribution < -0.4 is 9.47 Å². The summed E-state index contributed by atoms with van der Waals surface area (Å²) in [5.74, 6) is 1.62. The number of hydrogen-bond acceptors (Lipinski definition) is 3. The molecule has 0 N–H and O–H groups in total. The first-order chi connectivity index (χ1) is 7.88. The van der Waals surface area contributed by atoms with Crippen LogP contribution in [-0.4, -0.2) is 12.1 Å². The molecule has 1 radical (unpaired) electrons. The van der Waals surface area contributed by atoms with Crippen molar-refractivity contribution < 1.29 is 9.47 Å². The second kappa shape index (κ2) is 5.16. The quantitative estimate of drug-likeness (QED) is 0.783. The van der Waals surface area contributed by atoms with Crippen molar-refractivity contribution in [1.82, 2.24) is 4.98 Å². The fourth-order valence-corrected chi connectivity index (χ4v) is 1.28. The van der Waals surface area contributed by atoms with Gasteiger partial charge in [-0.15, -0.1) is 0 Å². The van der Waals surface area contributed by atoms with E-state index in [4.69, 9.17) is 9.47 Å². The summed E-state index contributed by atoms with van der Waals surface area (Å²) in [6, 6.07) is 11.3. The Kier molecular flexibility index (Phi) is 3.38. The molecule has 0 saturated heterocycles. The summed E-state index contributed by atoms with van der Waals surface area (Å²) >= 11 is 0. The third kappa shape index (κ3) is 2.73. The van der Waals surface area contributed by atoms with Gasteiger partial charge in [0.2, 0.25) is 0 Å². The van der Waals surface area contributed by atoms with Gasteiger partial charge in [0.25, 0.3) is 0 Å². The lowest BCUT2D eigenvalue weighted by atomic mass is 10.2. The summed E-state index contributed by atoms with van der Waals surface area (Å²) in [7, 11) is 1.65. The fourth-order valence-electron chi connectivity index (χ4n) is 1.28. The van der Waals surface area contributed by atoms with Gasteiger partial charge in [-0.25, -0.2) is 0 Å². The summed E-state index contributed by atoms with van der Waals surface area (Å²) in [6.45, 7) is 0.530. The maximum absolute atomic E-state index is 5.55. The van der Waals surface area contributed by atoms with Crippen LogP contribution in [0.4, 0.5) is 0 Å². The summed E-state index contributed by atoms with van der Waals surface area (Å²) in [4.78, 5) is 3.80. The zero-order chi connectivity index (χ0) is 11.2. The number of aromatic nitrogens is 1. The monoisotopic (exact) mass is 214 g/mol. The summed E-state index contributed by atoms with van der Waals surface area (Å²) in [5.41, 5.74) is 1.10. The molecule has 1 aromatic heterocycles. The first-order valence-corrected chi connectivity index (χ1v) is 4.96. The van der Waals surface area contributed by atoms with Crippen molar-refractivity contribution in [3.63, 3.8) is 0 Å². The molecule has 0 unspecified atom stereocenters. The molecule has 0 aliphatic heterocycles. The van der Waals surface area contributed by atoms with Crippen LogP contribution in [0.15, 0.2) is 42.6 Å². The van der Waals surface area contributed by atoms with E-state index in [1.54, 1.807) is 25.4 Å². The molecular weight excluding hydrogens is 202 g/mol. The average Bonchev–Trinajstić information content (AvgIpc) is 2.38. The predicted molar refractivity (Wildman–Crippen MR) is 60.4 cm³/mol. The Bertz CT molecular complexity index is 425. The largest absolute Gasteiger partial charge is 0.497 e. The minimum absolute atomic E-state index is 0.530. The minimum atomic E-state index is 0.530. The number of nitrogens with zero attached hydrogens (tertiary/aromatic N) is 1. The molecule has 81 valence electrons. The number of methoxy groups -OCH3 is 1. The molecule has 0 amide bonds. The zero-order valence-electron chi connectivity index (χ0n) is 9.01. The highest BCUT2D eigenvalue weighted by Gasteiger charge is 1.96. The Labute approximate surface area is 94.7 Å². The SMILES string of the molecule is COc1ccc(COc2c[c]ncc2)cc1. The summed E-state index contributed by atoms with van der Waals surface area (Å²) < 4.78 is 10.6. The average molecular weight is 214 g/mol. The van der Waals surface area contributed by atoms with Crippen molar-refractivity contribution in [3.8, 4) is 11.5 Å². The van der Waals surface area contributed by atoms with Gasteiger partial charge >= 0.3 is 0 Å². The molecule has 1 aromatic carbocycles. The van der Waals surface area contributed by atoms with Gasteiger partial charge in [0.1, 0.15) is 18.1 Å². The molecule has 0 aliphatic carbocycles. The van der Waals surface area contributed by atoms with Gasteiger partial charge in [-0.1, -0.05) is 12.1 Å². The van der Waals surface area contributed by atoms with Crippen LogP contribution in [0.3, 0.4) is 0 Å². The van der Waals surface area contributed by atoms with Gasteiger partial charge in [-0.2, -0.15) is 0 Å². The van der Waals surface area contributed by atoms with Gasteiger partial charge in [0.15, 0.2) is 0 Å². The van der Waals surface area contributed by atoms with E-state index in [2.05, 4.69) is 11.2 Å². The number of pyridine rings is 1. The first kappa shape index (κ1) is 10.5. The number of hydrogen-bond donors (Lipinski definition) is 0. The molecule has 0 spiro atoms. The summed E-state index contributed by atoms with van der Waals surface area (Å²) in [6.07, 6.45) is 4.38. The molecule has 3 nitrogen and oxygen atoms in total. The number of rotatable bonds is 4. The lowest BCUT2D eigenvalue weighted by molar-refractivity contribution is 0.305. The van der Waals surface area contributed by atoms with E-state index in [9.17, 15) is 0 Å². The lowest BCUT2D eigenvalue weighted by Gasteiger charge is -2.06. The Balaban J connectivity index is 1.94. The maximum atomic E-state index is 5.55. The van der Waals surface area contributed by atoms with E-state index in [0.29, 0.717) is 6.61 Å². The molecule has 3 heteroatoms. The predicted octanol–water partition coefficient (Wildman–Crippen LogP) is 2.47. The fraction of sp³-hybridized carbons (Fsp3) is 0.154. The topological polar surface area (TPSA) is 31.4 Å². The number of ether oxygens (including phenoxy) is 2. The maximum Gasteiger partial charge on any atom is 0.123 e. The number of benzene rings is 1. The Morgan fingerprint density at radius 3 is 2.56 bits per heavy atom. The third-order valence-electron chi connectivity index (χ3n) is 2.16. The zero-order valence-corrected chi connectivity index (χ0v) is 9.01. The second-order valence-electron chi connectivity index (χ2n) is 3.26. The van der Waals surface area contributed by atoms with Gasteiger partial charge < -0.3 is 9.47 Å². The third-order valence-corrected chi connectivity index (χ3v) is 2.16. The van der Waals surface area contributed by atoms with E-state index in [1.165, 1.54) is 0 Å². The Hall–Kier alpha value is -2.03. The standard InChI is InChI=1S/C13H12NO2/c1-15-12-4-2-11(3-5-12)10-16-13-6-8-14-9-7-13/h2-8H,10H2,1H3. The first-order valence-electron chi connectivity index (χ1n) is 4.96. The van der Waals surface area contributed by atoms with Crippen LogP contribution in [-0.2, 0) is 6.61 Å². The van der Waals surface area contributed by atoms with Gasteiger partial charge in [-0.3, -0.25) is 4.98 Å². The molecule has 0 saturated carbocycles. The highest BCUT2D eigenvalue weighted by molar-refractivity contribution is 5.27. The van der Waals surface area contributed by atoms with Crippen molar-refractivity contribution in [3.05, 3.63) is 54.4 Å². The van der Waals surface area contributed by atoms with E-state index in [1.807, 2.05) is 24.3 Å². The van der Waals surface area contributed by atoms with Gasteiger partial charge in [0.05, 0.1) is 13.3 Å². The second-order valence-corrected chi connectivity index (χ2v) is 3.26. The highest BCUT2D eigenvalue weighted by Crippen LogP contribution is 2.14. The molecule has 1 heterocycles. The Morgan fingerprint density at radius 2 is 1.94 bits per heavy atom. The van der Waals surface area contributed by atoms with E-state index >= 15 is 0 Å². The molecule has 16 heavy (non-hydrogen) atoms. The van der Waals surface area contributed by atoms with Crippen LogP contribution in [0, 0.1) is 6.20 Å². The van der Waals surface area contributed by atoms with Crippen LogP contribution in [0.5, 0.6) is 11.5 Å². The van der Waals surface area contributed by atoms with Crippen LogP contribution in [0.2, 0.25) is 0 Å².